The zero-order chi connectivity index (χ0) is 14.1. The molecular weight excluding hydrogens is 252 g/mol. The normalized spacial score (nSPS) is 11.2. The van der Waals surface area contributed by atoms with Crippen molar-refractivity contribution in [3.05, 3.63) is 42.9 Å². The highest BCUT2D eigenvalue weighted by molar-refractivity contribution is 5.89. The quantitative estimate of drug-likeness (QED) is 0.790. The first kappa shape index (κ1) is 12.5. The second-order valence-electron chi connectivity index (χ2n) is 4.91. The summed E-state index contributed by atoms with van der Waals surface area (Å²) in [5.74, 6) is 1.29. The van der Waals surface area contributed by atoms with Gasteiger partial charge in [-0.15, -0.1) is 0 Å². The van der Waals surface area contributed by atoms with Gasteiger partial charge in [-0.3, -0.25) is 9.67 Å². The predicted molar refractivity (Wildman–Crippen MR) is 78.8 cm³/mol. The molecule has 1 aromatic carbocycles. The molecule has 0 unspecified atom stereocenters. The number of aromatic nitrogens is 3. The molecule has 3 rings (SSSR count). The SMILES string of the molecule is CC(C)n1cc(Oc2c(N)cnc3ccccc23)cn1. The molecule has 0 radical (unpaired) electrons. The lowest BCUT2D eigenvalue weighted by molar-refractivity contribution is 0.484. The number of ether oxygens (including phenoxy) is 1. The van der Waals surface area contributed by atoms with E-state index in [0.29, 0.717) is 23.2 Å². The van der Waals surface area contributed by atoms with Crippen molar-refractivity contribution in [1.29, 1.82) is 0 Å². The fraction of sp³-hybridized carbons (Fsp3) is 0.200. The molecule has 5 heteroatoms. The molecule has 2 N–H and O–H groups in total. The molecule has 3 aromatic rings. The summed E-state index contributed by atoms with van der Waals surface area (Å²) in [6, 6.07) is 8.04. The van der Waals surface area contributed by atoms with Gasteiger partial charge in [-0.25, -0.2) is 0 Å². The van der Waals surface area contributed by atoms with E-state index in [1.165, 1.54) is 0 Å². The van der Waals surface area contributed by atoms with Crippen LogP contribution in [0.15, 0.2) is 42.9 Å². The number of nitrogens with zero attached hydrogens (tertiary/aromatic N) is 3. The Morgan fingerprint density at radius 2 is 2.00 bits per heavy atom. The number of nitrogens with two attached hydrogens (primary N) is 1. The number of hydrogen-bond acceptors (Lipinski definition) is 4. The van der Waals surface area contributed by atoms with Crippen LogP contribution < -0.4 is 10.5 Å². The first-order valence-electron chi connectivity index (χ1n) is 6.50. The average Bonchev–Trinajstić information content (AvgIpc) is 2.91. The molecule has 20 heavy (non-hydrogen) atoms. The van der Waals surface area contributed by atoms with Gasteiger partial charge >= 0.3 is 0 Å². The Balaban J connectivity index is 2.03. The monoisotopic (exact) mass is 268 g/mol. The highest BCUT2D eigenvalue weighted by Gasteiger charge is 2.10. The van der Waals surface area contributed by atoms with Gasteiger partial charge in [0.2, 0.25) is 0 Å². The molecule has 2 aromatic heterocycles. The maximum absolute atomic E-state index is 5.99. The third kappa shape index (κ3) is 2.18. The number of para-hydroxylation sites is 1. The second-order valence-corrected chi connectivity index (χ2v) is 4.91. The summed E-state index contributed by atoms with van der Waals surface area (Å²) < 4.78 is 7.75. The first-order valence-corrected chi connectivity index (χ1v) is 6.50. The zero-order valence-electron chi connectivity index (χ0n) is 11.4. The molecule has 5 nitrogen and oxygen atoms in total. The molecule has 0 saturated heterocycles. The number of pyridine rings is 1. The molecule has 0 spiro atoms. The summed E-state index contributed by atoms with van der Waals surface area (Å²) in [7, 11) is 0. The van der Waals surface area contributed by atoms with E-state index in [2.05, 4.69) is 23.9 Å². The molecule has 2 heterocycles. The van der Waals surface area contributed by atoms with Crippen molar-refractivity contribution in [3.8, 4) is 11.5 Å². The topological polar surface area (TPSA) is 66.0 Å². The van der Waals surface area contributed by atoms with Crippen LogP contribution in [0.25, 0.3) is 10.9 Å². The van der Waals surface area contributed by atoms with Gasteiger partial charge < -0.3 is 10.5 Å². The number of hydrogen-bond donors (Lipinski definition) is 1. The van der Waals surface area contributed by atoms with Gasteiger partial charge in [0.15, 0.2) is 11.5 Å². The Kier molecular flexibility index (Phi) is 3.02. The van der Waals surface area contributed by atoms with Crippen LogP contribution in [0.2, 0.25) is 0 Å². The van der Waals surface area contributed by atoms with Crippen LogP contribution in [0.3, 0.4) is 0 Å². The predicted octanol–water partition coefficient (Wildman–Crippen LogP) is 3.39. The summed E-state index contributed by atoms with van der Waals surface area (Å²) in [4.78, 5) is 4.29. The van der Waals surface area contributed by atoms with E-state index in [0.717, 1.165) is 10.9 Å². The molecule has 0 aliphatic heterocycles. The van der Waals surface area contributed by atoms with E-state index in [1.54, 1.807) is 12.4 Å². The van der Waals surface area contributed by atoms with E-state index in [4.69, 9.17) is 10.5 Å². The van der Waals surface area contributed by atoms with Crippen molar-refractivity contribution in [2.24, 2.45) is 0 Å². The highest BCUT2D eigenvalue weighted by atomic mass is 16.5. The average molecular weight is 268 g/mol. The molecule has 0 atom stereocenters. The fourth-order valence-corrected chi connectivity index (χ4v) is 2.02. The fourth-order valence-electron chi connectivity index (χ4n) is 2.02. The van der Waals surface area contributed by atoms with Crippen molar-refractivity contribution in [3.63, 3.8) is 0 Å². The standard InChI is InChI=1S/C15H16N4O/c1-10(2)19-9-11(7-18-19)20-15-12-5-3-4-6-14(12)17-8-13(15)16/h3-10H,16H2,1-2H3. The van der Waals surface area contributed by atoms with Gasteiger partial charge in [-0.1, -0.05) is 12.1 Å². The minimum atomic E-state index is 0.291. The lowest BCUT2D eigenvalue weighted by Crippen LogP contribution is -1.99. The third-order valence-corrected chi connectivity index (χ3v) is 3.08. The minimum Gasteiger partial charge on any atom is -0.451 e. The highest BCUT2D eigenvalue weighted by Crippen LogP contribution is 2.34. The Labute approximate surface area is 117 Å². The van der Waals surface area contributed by atoms with Crippen LogP contribution in [-0.2, 0) is 0 Å². The van der Waals surface area contributed by atoms with E-state index in [-0.39, 0.29) is 0 Å². The van der Waals surface area contributed by atoms with Crippen LogP contribution in [0.5, 0.6) is 11.5 Å². The lowest BCUT2D eigenvalue weighted by Gasteiger charge is -2.09. The van der Waals surface area contributed by atoms with Gasteiger partial charge in [-0.2, -0.15) is 5.10 Å². The van der Waals surface area contributed by atoms with E-state index < -0.39 is 0 Å². The zero-order valence-corrected chi connectivity index (χ0v) is 11.4. The largest absolute Gasteiger partial charge is 0.451 e. The van der Waals surface area contributed by atoms with Crippen molar-refractivity contribution >= 4 is 16.6 Å². The molecule has 0 bridgehead atoms. The second kappa shape index (κ2) is 4.85. The summed E-state index contributed by atoms with van der Waals surface area (Å²) in [5, 5.41) is 5.15. The van der Waals surface area contributed by atoms with Crippen LogP contribution in [0, 0.1) is 0 Å². The van der Waals surface area contributed by atoms with Crippen LogP contribution in [-0.4, -0.2) is 14.8 Å². The maximum atomic E-state index is 5.99. The number of nitrogen functional groups attached to an aromatic ring is 1. The number of benzene rings is 1. The molecular formula is C15H16N4O. The number of fused-ring (bicyclic) bond motifs is 1. The van der Waals surface area contributed by atoms with E-state index >= 15 is 0 Å². The summed E-state index contributed by atoms with van der Waals surface area (Å²) in [5.41, 5.74) is 7.36. The van der Waals surface area contributed by atoms with Crippen molar-refractivity contribution in [2.75, 3.05) is 5.73 Å². The maximum Gasteiger partial charge on any atom is 0.165 e. The Morgan fingerprint density at radius 3 is 2.75 bits per heavy atom. The Bertz CT molecular complexity index is 748. The molecule has 0 fully saturated rings. The molecule has 0 aliphatic rings. The number of anilines is 1. The molecule has 0 amide bonds. The van der Waals surface area contributed by atoms with Crippen LogP contribution >= 0.6 is 0 Å². The minimum absolute atomic E-state index is 0.291. The third-order valence-electron chi connectivity index (χ3n) is 3.08. The van der Waals surface area contributed by atoms with Gasteiger partial charge in [-0.05, 0) is 26.0 Å². The van der Waals surface area contributed by atoms with Crippen molar-refractivity contribution in [2.45, 2.75) is 19.9 Å². The number of rotatable bonds is 3. The van der Waals surface area contributed by atoms with E-state index in [1.807, 2.05) is 35.1 Å². The van der Waals surface area contributed by atoms with Crippen molar-refractivity contribution < 1.29 is 4.74 Å². The van der Waals surface area contributed by atoms with Crippen LogP contribution in [0.1, 0.15) is 19.9 Å². The molecule has 102 valence electrons. The van der Waals surface area contributed by atoms with Gasteiger partial charge in [0.05, 0.1) is 29.8 Å². The Hall–Kier alpha value is -2.56. The molecule has 0 aliphatic carbocycles. The first-order chi connectivity index (χ1) is 9.65. The van der Waals surface area contributed by atoms with Gasteiger partial charge in [0.1, 0.15) is 0 Å². The van der Waals surface area contributed by atoms with Gasteiger partial charge in [0, 0.05) is 11.4 Å². The van der Waals surface area contributed by atoms with E-state index in [9.17, 15) is 0 Å². The smallest absolute Gasteiger partial charge is 0.165 e. The van der Waals surface area contributed by atoms with Crippen LogP contribution in [0.4, 0.5) is 5.69 Å². The summed E-state index contributed by atoms with van der Waals surface area (Å²) in [6.45, 7) is 4.12. The summed E-state index contributed by atoms with van der Waals surface area (Å²) >= 11 is 0. The molecule has 0 saturated carbocycles. The van der Waals surface area contributed by atoms with Crippen molar-refractivity contribution in [1.82, 2.24) is 14.8 Å². The Morgan fingerprint density at radius 1 is 1.20 bits per heavy atom. The lowest BCUT2D eigenvalue weighted by atomic mass is 10.2. The van der Waals surface area contributed by atoms with Gasteiger partial charge in [0.25, 0.3) is 0 Å². The summed E-state index contributed by atoms with van der Waals surface area (Å²) in [6.07, 6.45) is 5.17.